The van der Waals surface area contributed by atoms with Gasteiger partial charge in [-0.05, 0) is 13.8 Å². The van der Waals surface area contributed by atoms with Gasteiger partial charge in [0.15, 0.2) is 5.76 Å². The first kappa shape index (κ1) is 19.6. The second kappa shape index (κ2) is 7.53. The van der Waals surface area contributed by atoms with Gasteiger partial charge in [-0.1, -0.05) is 13.8 Å². The first-order valence-electron chi connectivity index (χ1n) is 6.16. The monoisotopic (exact) mass is 334 g/mol. The van der Waals surface area contributed by atoms with Crippen LogP contribution in [0.1, 0.15) is 34.1 Å². The fourth-order valence-electron chi connectivity index (χ4n) is 1.27. The minimum absolute atomic E-state index is 0.0423. The van der Waals surface area contributed by atoms with Crippen LogP contribution in [0.4, 0.5) is 13.2 Å². The molecule has 0 aliphatic carbocycles. The Morgan fingerprint density at radius 2 is 1.90 bits per heavy atom. The number of ether oxygens (including phenoxy) is 2. The Bertz CT molecular complexity index is 495. The van der Waals surface area contributed by atoms with Gasteiger partial charge in [-0.3, -0.25) is 0 Å². The Morgan fingerprint density at radius 1 is 1.38 bits per heavy atom. The van der Waals surface area contributed by atoms with E-state index in [1.165, 1.54) is 13.8 Å². The van der Waals surface area contributed by atoms with E-state index in [0.717, 1.165) is 0 Å². The number of esters is 1. The molecule has 0 aromatic carbocycles. The highest BCUT2D eigenvalue weighted by atomic mass is 32.2. The van der Waals surface area contributed by atoms with E-state index >= 15 is 0 Å². The van der Waals surface area contributed by atoms with Gasteiger partial charge in [-0.15, -0.1) is 0 Å². The van der Waals surface area contributed by atoms with Gasteiger partial charge in [0.2, 0.25) is 5.76 Å². The average molecular weight is 334 g/mol. The summed E-state index contributed by atoms with van der Waals surface area (Å²) in [6, 6.07) is 0. The average Bonchev–Trinajstić information content (AvgIpc) is 2.71. The SMILES string of the molecule is CC.CCOC(=O)C1=C(OS(=O)(=O)C(F)(F)F)CC(C)O1. The summed E-state index contributed by atoms with van der Waals surface area (Å²) in [6.07, 6.45) is -0.957. The Kier molecular flexibility index (Phi) is 7.01. The molecule has 10 heteroatoms. The second-order valence-electron chi connectivity index (χ2n) is 3.59. The molecule has 0 fully saturated rings. The van der Waals surface area contributed by atoms with E-state index in [4.69, 9.17) is 4.74 Å². The van der Waals surface area contributed by atoms with Gasteiger partial charge < -0.3 is 13.7 Å². The topological polar surface area (TPSA) is 78.9 Å². The molecule has 0 bridgehead atoms. The Balaban J connectivity index is 0.00000191. The molecule has 1 rings (SSSR count). The zero-order valence-electron chi connectivity index (χ0n) is 12.0. The molecule has 6 nitrogen and oxygen atoms in total. The molecule has 0 saturated heterocycles. The van der Waals surface area contributed by atoms with Gasteiger partial charge in [0, 0.05) is 6.42 Å². The smallest absolute Gasteiger partial charge is 0.481 e. The van der Waals surface area contributed by atoms with Crippen LogP contribution < -0.4 is 0 Å². The lowest BCUT2D eigenvalue weighted by molar-refractivity contribution is -0.143. The number of carbonyl (C=O) groups is 1. The van der Waals surface area contributed by atoms with E-state index in [2.05, 4.69) is 8.92 Å². The Morgan fingerprint density at radius 3 is 2.33 bits per heavy atom. The van der Waals surface area contributed by atoms with Gasteiger partial charge in [0.1, 0.15) is 6.10 Å². The lowest BCUT2D eigenvalue weighted by atomic mass is 10.3. The highest BCUT2D eigenvalue weighted by Crippen LogP contribution is 2.33. The molecule has 0 amide bonds. The van der Waals surface area contributed by atoms with Crippen LogP contribution in [-0.4, -0.2) is 32.6 Å². The van der Waals surface area contributed by atoms with E-state index in [1.54, 1.807) is 0 Å². The number of rotatable bonds is 4. The summed E-state index contributed by atoms with van der Waals surface area (Å²) in [6.45, 7) is 6.87. The predicted octanol–water partition coefficient (Wildman–Crippen LogP) is 2.46. The number of hydrogen-bond donors (Lipinski definition) is 0. The molecule has 1 unspecified atom stereocenters. The maximum absolute atomic E-state index is 12.2. The number of alkyl halides is 3. The first-order valence-corrected chi connectivity index (χ1v) is 7.57. The summed E-state index contributed by atoms with van der Waals surface area (Å²) in [7, 11) is -5.83. The van der Waals surface area contributed by atoms with E-state index in [9.17, 15) is 26.4 Å². The lowest BCUT2D eigenvalue weighted by Crippen LogP contribution is -2.25. The van der Waals surface area contributed by atoms with Crippen molar-refractivity contribution >= 4 is 16.1 Å². The van der Waals surface area contributed by atoms with E-state index < -0.39 is 39.2 Å². The third-order valence-electron chi connectivity index (χ3n) is 2.00. The van der Waals surface area contributed by atoms with Crippen LogP contribution in [0.25, 0.3) is 0 Å². The van der Waals surface area contributed by atoms with Crippen LogP contribution in [0.15, 0.2) is 11.5 Å². The molecular weight excluding hydrogens is 317 g/mol. The van der Waals surface area contributed by atoms with Crippen molar-refractivity contribution in [2.75, 3.05) is 6.61 Å². The van der Waals surface area contributed by atoms with E-state index in [0.29, 0.717) is 0 Å². The van der Waals surface area contributed by atoms with Crippen molar-refractivity contribution in [3.63, 3.8) is 0 Å². The van der Waals surface area contributed by atoms with Crippen molar-refractivity contribution in [1.29, 1.82) is 0 Å². The van der Waals surface area contributed by atoms with Gasteiger partial charge >= 0.3 is 21.6 Å². The second-order valence-corrected chi connectivity index (χ2v) is 5.13. The summed E-state index contributed by atoms with van der Waals surface area (Å²) in [4.78, 5) is 11.4. The Hall–Kier alpha value is -1.45. The summed E-state index contributed by atoms with van der Waals surface area (Å²) in [5.74, 6) is -2.43. The third kappa shape index (κ3) is 5.10. The molecule has 0 aromatic heterocycles. The zero-order valence-corrected chi connectivity index (χ0v) is 12.8. The van der Waals surface area contributed by atoms with Crippen molar-refractivity contribution in [2.45, 2.75) is 45.7 Å². The standard InChI is InChI=1S/C9H11F3O6S.C2H6/c1-3-16-8(13)7-6(4-5(2)17-7)18-19(14,15)9(10,11)12;1-2/h5H,3-4H2,1-2H3;1-2H3. The largest absolute Gasteiger partial charge is 0.534 e. The van der Waals surface area contributed by atoms with Gasteiger partial charge in [-0.25, -0.2) is 4.79 Å². The molecular formula is C11H17F3O6S. The molecule has 1 aliphatic rings. The fraction of sp³-hybridized carbons (Fsp3) is 0.727. The van der Waals surface area contributed by atoms with E-state index in [-0.39, 0.29) is 13.0 Å². The van der Waals surface area contributed by atoms with Crippen molar-refractivity contribution in [3.8, 4) is 0 Å². The van der Waals surface area contributed by atoms with Crippen molar-refractivity contribution in [1.82, 2.24) is 0 Å². The predicted molar refractivity (Wildman–Crippen MR) is 66.2 cm³/mol. The van der Waals surface area contributed by atoms with Crippen LogP contribution in [0, 0.1) is 0 Å². The maximum atomic E-state index is 12.2. The number of hydrogen-bond acceptors (Lipinski definition) is 6. The van der Waals surface area contributed by atoms with Gasteiger partial charge in [0.05, 0.1) is 6.61 Å². The van der Waals surface area contributed by atoms with Crippen LogP contribution in [0.3, 0.4) is 0 Å². The normalized spacial score (nSPS) is 18.5. The lowest BCUT2D eigenvalue weighted by Gasteiger charge is -2.10. The van der Waals surface area contributed by atoms with Crippen LogP contribution in [-0.2, 0) is 28.6 Å². The van der Waals surface area contributed by atoms with Crippen LogP contribution in [0.5, 0.6) is 0 Å². The van der Waals surface area contributed by atoms with Crippen molar-refractivity contribution in [3.05, 3.63) is 11.5 Å². The molecule has 0 radical (unpaired) electrons. The van der Waals surface area contributed by atoms with E-state index in [1.807, 2.05) is 13.8 Å². The third-order valence-corrected chi connectivity index (χ3v) is 2.99. The van der Waals surface area contributed by atoms with Crippen molar-refractivity contribution in [2.24, 2.45) is 0 Å². The van der Waals surface area contributed by atoms with Gasteiger partial charge in [0.25, 0.3) is 0 Å². The molecule has 0 N–H and O–H groups in total. The first-order chi connectivity index (χ1) is 9.58. The highest BCUT2D eigenvalue weighted by molar-refractivity contribution is 7.87. The number of halogens is 3. The molecule has 21 heavy (non-hydrogen) atoms. The highest BCUT2D eigenvalue weighted by Gasteiger charge is 2.50. The molecule has 0 spiro atoms. The molecule has 1 heterocycles. The maximum Gasteiger partial charge on any atom is 0.534 e. The molecule has 0 aromatic rings. The minimum Gasteiger partial charge on any atom is -0.481 e. The quantitative estimate of drug-likeness (QED) is 0.446. The molecule has 0 saturated carbocycles. The fourth-order valence-corrected chi connectivity index (χ4v) is 1.78. The Labute approximate surface area is 121 Å². The van der Waals surface area contributed by atoms with Crippen LogP contribution in [0.2, 0.25) is 0 Å². The van der Waals surface area contributed by atoms with Gasteiger partial charge in [-0.2, -0.15) is 21.6 Å². The summed E-state index contributed by atoms with van der Waals surface area (Å²) in [5.41, 5.74) is -5.58. The van der Waals surface area contributed by atoms with Crippen molar-refractivity contribution < 1.29 is 40.0 Å². The summed E-state index contributed by atoms with van der Waals surface area (Å²) < 4.78 is 71.5. The molecule has 1 aliphatic heterocycles. The van der Waals surface area contributed by atoms with Crippen LogP contribution >= 0.6 is 0 Å². The number of carbonyl (C=O) groups excluding carboxylic acids is 1. The molecule has 124 valence electrons. The minimum atomic E-state index is -5.83. The summed E-state index contributed by atoms with van der Waals surface area (Å²) in [5, 5.41) is 0. The zero-order chi connectivity index (χ0) is 16.8. The molecule has 1 atom stereocenters. The summed E-state index contributed by atoms with van der Waals surface area (Å²) >= 11 is 0.